The van der Waals surface area contributed by atoms with E-state index in [0.29, 0.717) is 31.5 Å². The molecule has 232 valence electrons. The number of rotatable bonds is 12. The molecule has 6 atom stereocenters. The van der Waals surface area contributed by atoms with Gasteiger partial charge in [0.15, 0.2) is 0 Å². The molecule has 9 heteroatoms. The highest BCUT2D eigenvalue weighted by Gasteiger charge is 2.78. The Bertz CT molecular complexity index is 1310. The molecule has 0 aromatic heterocycles. The number of benzene rings is 2. The number of amides is 3. The van der Waals surface area contributed by atoms with Crippen LogP contribution in [0.5, 0.6) is 0 Å². The standard InChI is InChI=1S/C34H46N4O5/c1-6-37(7-2)25-15-13-24(14-16-25)36-31(41)29-34-18-17-33(5,43-34)27(30(40)35-20-23-11-9-8-10-12-23)28(34)32(42)38(29)26(21-39)19-22(3)4/h8-16,22,26-29,39H,6-7,17-21H2,1-5H3,(H,35,40)(H,36,41)/t26-,27+,28+,29?,33-,34?/m1/s1. The van der Waals surface area contributed by atoms with Gasteiger partial charge in [-0.2, -0.15) is 0 Å². The van der Waals surface area contributed by atoms with Gasteiger partial charge >= 0.3 is 0 Å². The third-order valence-corrected chi connectivity index (χ3v) is 9.67. The number of aliphatic hydroxyl groups is 1. The number of nitrogens with zero attached hydrogens (tertiary/aromatic N) is 2. The summed E-state index contributed by atoms with van der Waals surface area (Å²) in [6.07, 6.45) is 1.57. The summed E-state index contributed by atoms with van der Waals surface area (Å²) in [7, 11) is 0. The number of anilines is 2. The topological polar surface area (TPSA) is 111 Å². The minimum atomic E-state index is -1.16. The lowest BCUT2D eigenvalue weighted by Gasteiger charge is -2.37. The maximum atomic E-state index is 14.4. The third kappa shape index (κ3) is 5.53. The molecule has 2 aromatic rings. The van der Waals surface area contributed by atoms with Crippen LogP contribution in [0.4, 0.5) is 11.4 Å². The van der Waals surface area contributed by atoms with Crippen LogP contribution in [0.2, 0.25) is 0 Å². The van der Waals surface area contributed by atoms with Crippen molar-refractivity contribution in [3.8, 4) is 0 Å². The molecule has 3 amide bonds. The summed E-state index contributed by atoms with van der Waals surface area (Å²) in [5.41, 5.74) is 0.612. The highest BCUT2D eigenvalue weighted by Crippen LogP contribution is 2.63. The van der Waals surface area contributed by atoms with Crippen molar-refractivity contribution in [2.45, 2.75) is 83.7 Å². The van der Waals surface area contributed by atoms with Crippen LogP contribution in [-0.2, 0) is 25.7 Å². The number of carbonyl (C=O) groups excluding carboxylic acids is 3. The smallest absolute Gasteiger partial charge is 0.250 e. The molecule has 3 heterocycles. The molecule has 3 saturated heterocycles. The summed E-state index contributed by atoms with van der Waals surface area (Å²) in [4.78, 5) is 46.2. The van der Waals surface area contributed by atoms with E-state index >= 15 is 0 Å². The summed E-state index contributed by atoms with van der Waals surface area (Å²) in [6.45, 7) is 11.9. The molecule has 5 rings (SSSR count). The maximum absolute atomic E-state index is 14.4. The van der Waals surface area contributed by atoms with Gasteiger partial charge in [0.2, 0.25) is 17.7 Å². The summed E-state index contributed by atoms with van der Waals surface area (Å²) in [5, 5.41) is 16.6. The van der Waals surface area contributed by atoms with Crippen LogP contribution in [0.3, 0.4) is 0 Å². The van der Waals surface area contributed by atoms with Gasteiger partial charge in [-0.1, -0.05) is 44.2 Å². The second-order valence-corrected chi connectivity index (χ2v) is 12.9. The van der Waals surface area contributed by atoms with Crippen LogP contribution in [0.15, 0.2) is 54.6 Å². The normalized spacial score (nSPS) is 28.2. The first-order valence-corrected chi connectivity index (χ1v) is 15.7. The highest BCUT2D eigenvalue weighted by atomic mass is 16.5. The van der Waals surface area contributed by atoms with Crippen molar-refractivity contribution in [2.75, 3.05) is 29.9 Å². The first-order valence-electron chi connectivity index (χ1n) is 15.7. The maximum Gasteiger partial charge on any atom is 0.250 e. The molecule has 3 aliphatic heterocycles. The van der Waals surface area contributed by atoms with Crippen LogP contribution in [0.25, 0.3) is 0 Å². The number of hydrogen-bond donors (Lipinski definition) is 3. The fraction of sp³-hybridized carbons (Fsp3) is 0.559. The zero-order valence-electron chi connectivity index (χ0n) is 26.0. The fourth-order valence-electron chi connectivity index (χ4n) is 7.73. The first-order chi connectivity index (χ1) is 20.6. The monoisotopic (exact) mass is 590 g/mol. The molecule has 3 fully saturated rings. The van der Waals surface area contributed by atoms with Gasteiger partial charge in [0, 0.05) is 31.0 Å². The molecule has 43 heavy (non-hydrogen) atoms. The lowest BCUT2D eigenvalue weighted by Crippen LogP contribution is -2.56. The zero-order chi connectivity index (χ0) is 30.9. The molecule has 1 spiro atoms. The number of aliphatic hydroxyl groups excluding tert-OH is 1. The van der Waals surface area contributed by atoms with E-state index in [1.807, 2.05) is 75.4 Å². The Hall–Kier alpha value is -3.43. The van der Waals surface area contributed by atoms with E-state index in [0.717, 1.165) is 24.3 Å². The summed E-state index contributed by atoms with van der Waals surface area (Å²) >= 11 is 0. The highest BCUT2D eigenvalue weighted by molar-refractivity contribution is 6.04. The van der Waals surface area contributed by atoms with Gasteiger partial charge in [0.25, 0.3) is 0 Å². The van der Waals surface area contributed by atoms with Gasteiger partial charge in [0.05, 0.1) is 30.1 Å². The SMILES string of the molecule is CCN(CC)c1ccc(NC(=O)C2N([C@@H](CO)CC(C)C)C(=O)[C@@H]3[C@@H](C(=O)NCc4ccccc4)[C@@]4(C)CCC23O4)cc1. The molecule has 3 N–H and O–H groups in total. The molecular formula is C34H46N4O5. The predicted octanol–water partition coefficient (Wildman–Crippen LogP) is 3.96. The summed E-state index contributed by atoms with van der Waals surface area (Å²) in [5.74, 6) is -2.28. The lowest BCUT2D eigenvalue weighted by atomic mass is 9.66. The molecule has 3 aliphatic rings. The summed E-state index contributed by atoms with van der Waals surface area (Å²) in [6, 6.07) is 15.8. The lowest BCUT2D eigenvalue weighted by molar-refractivity contribution is -0.148. The first kappa shape index (κ1) is 31.0. The molecule has 2 unspecified atom stereocenters. The Morgan fingerprint density at radius 3 is 2.33 bits per heavy atom. The Morgan fingerprint density at radius 1 is 1.05 bits per heavy atom. The van der Waals surface area contributed by atoms with E-state index in [-0.39, 0.29) is 30.2 Å². The van der Waals surface area contributed by atoms with Gasteiger partial charge in [-0.25, -0.2) is 0 Å². The number of ether oxygens (including phenoxy) is 1. The van der Waals surface area contributed by atoms with Crippen molar-refractivity contribution in [3.05, 3.63) is 60.2 Å². The Balaban J connectivity index is 1.47. The zero-order valence-corrected chi connectivity index (χ0v) is 26.0. The number of nitrogens with one attached hydrogen (secondary N) is 2. The van der Waals surface area contributed by atoms with E-state index in [9.17, 15) is 19.5 Å². The molecule has 9 nitrogen and oxygen atoms in total. The van der Waals surface area contributed by atoms with Crippen molar-refractivity contribution in [2.24, 2.45) is 17.8 Å². The number of hydrogen-bond acceptors (Lipinski definition) is 6. The van der Waals surface area contributed by atoms with Gasteiger partial charge in [0.1, 0.15) is 11.6 Å². The van der Waals surface area contributed by atoms with Gasteiger partial charge < -0.3 is 30.3 Å². The Labute approximate surface area is 255 Å². The second kappa shape index (κ2) is 12.3. The van der Waals surface area contributed by atoms with E-state index in [2.05, 4.69) is 29.4 Å². The number of likely N-dealkylation sites (tertiary alicyclic amines) is 1. The van der Waals surface area contributed by atoms with Crippen molar-refractivity contribution >= 4 is 29.1 Å². The van der Waals surface area contributed by atoms with Crippen molar-refractivity contribution < 1.29 is 24.2 Å². The third-order valence-electron chi connectivity index (χ3n) is 9.67. The Kier molecular flexibility index (Phi) is 8.86. The molecular weight excluding hydrogens is 544 g/mol. The van der Waals surface area contributed by atoms with E-state index in [1.165, 1.54) is 0 Å². The molecule has 2 aromatic carbocycles. The van der Waals surface area contributed by atoms with Crippen LogP contribution in [-0.4, -0.2) is 70.7 Å². The minimum absolute atomic E-state index is 0.180. The molecule has 0 aliphatic carbocycles. The number of carbonyl (C=O) groups is 3. The predicted molar refractivity (Wildman–Crippen MR) is 166 cm³/mol. The largest absolute Gasteiger partial charge is 0.394 e. The molecule has 0 radical (unpaired) electrons. The Morgan fingerprint density at radius 2 is 1.72 bits per heavy atom. The van der Waals surface area contributed by atoms with Crippen LogP contribution in [0.1, 0.15) is 59.4 Å². The van der Waals surface area contributed by atoms with Gasteiger partial charge in [-0.15, -0.1) is 0 Å². The second-order valence-electron chi connectivity index (χ2n) is 12.9. The minimum Gasteiger partial charge on any atom is -0.394 e. The van der Waals surface area contributed by atoms with E-state index in [1.54, 1.807) is 4.90 Å². The molecule has 0 saturated carbocycles. The average Bonchev–Trinajstić information content (AvgIpc) is 3.57. The fourth-order valence-corrected chi connectivity index (χ4v) is 7.73. The van der Waals surface area contributed by atoms with Crippen LogP contribution >= 0.6 is 0 Å². The average molecular weight is 591 g/mol. The van der Waals surface area contributed by atoms with E-state index < -0.39 is 35.1 Å². The van der Waals surface area contributed by atoms with E-state index in [4.69, 9.17) is 4.74 Å². The molecule has 2 bridgehead atoms. The quantitative estimate of drug-likeness (QED) is 0.345. The van der Waals surface area contributed by atoms with Crippen molar-refractivity contribution in [1.82, 2.24) is 10.2 Å². The van der Waals surface area contributed by atoms with Crippen LogP contribution < -0.4 is 15.5 Å². The van der Waals surface area contributed by atoms with Crippen LogP contribution in [0, 0.1) is 17.8 Å². The van der Waals surface area contributed by atoms with Crippen molar-refractivity contribution in [3.63, 3.8) is 0 Å². The van der Waals surface area contributed by atoms with Gasteiger partial charge in [-0.3, -0.25) is 14.4 Å². The van der Waals surface area contributed by atoms with Gasteiger partial charge in [-0.05, 0) is 75.8 Å². The number of fused-ring (bicyclic) bond motifs is 1. The summed E-state index contributed by atoms with van der Waals surface area (Å²) < 4.78 is 6.74. The van der Waals surface area contributed by atoms with Crippen molar-refractivity contribution in [1.29, 1.82) is 0 Å².